The molecule has 2 N–H and O–H groups in total. The zero-order valence-corrected chi connectivity index (χ0v) is 36.3. The summed E-state index contributed by atoms with van der Waals surface area (Å²) in [6, 6.07) is 90.2. The topological polar surface area (TPSA) is 48.8 Å². The van der Waals surface area contributed by atoms with E-state index >= 15 is 0 Å². The third-order valence-electron chi connectivity index (χ3n) is 12.4. The maximum atomic E-state index is 5.25. The average molecular weight is 847 g/mol. The molecule has 0 radical (unpaired) electrons. The van der Waals surface area contributed by atoms with Crippen LogP contribution >= 0.6 is 0 Å². The van der Waals surface area contributed by atoms with Crippen molar-refractivity contribution in [3.05, 3.63) is 299 Å². The van der Waals surface area contributed by atoms with Gasteiger partial charge in [0, 0.05) is 22.3 Å². The van der Waals surface area contributed by atoms with Gasteiger partial charge in [-0.3, -0.25) is 0 Å². The summed E-state index contributed by atoms with van der Waals surface area (Å²) in [4.78, 5) is 10.5. The minimum atomic E-state index is -0.362. The maximum Gasteiger partial charge on any atom is 0.159 e. The molecule has 0 saturated carbocycles. The van der Waals surface area contributed by atoms with E-state index in [0.717, 1.165) is 72.7 Å². The van der Waals surface area contributed by atoms with Crippen LogP contribution in [0, 0.1) is 0 Å². The van der Waals surface area contributed by atoms with Crippen LogP contribution in [0.2, 0.25) is 0 Å². The predicted molar refractivity (Wildman–Crippen MR) is 274 cm³/mol. The number of amidine groups is 2. The second-order valence-corrected chi connectivity index (χ2v) is 16.6. The molecular weight excluding hydrogens is 801 g/mol. The van der Waals surface area contributed by atoms with Crippen molar-refractivity contribution < 1.29 is 0 Å². The van der Waals surface area contributed by atoms with Crippen LogP contribution in [0.25, 0.3) is 44.7 Å². The van der Waals surface area contributed by atoms with Gasteiger partial charge in [-0.2, -0.15) is 0 Å². The van der Waals surface area contributed by atoms with Crippen molar-refractivity contribution in [1.82, 2.24) is 10.6 Å². The second kappa shape index (κ2) is 18.2. The van der Waals surface area contributed by atoms with Gasteiger partial charge in [0.05, 0.1) is 11.7 Å². The van der Waals surface area contributed by atoms with Crippen LogP contribution in [0.4, 0.5) is 0 Å². The van der Waals surface area contributed by atoms with Crippen LogP contribution in [-0.4, -0.2) is 11.7 Å². The summed E-state index contributed by atoms with van der Waals surface area (Å²) in [5, 5.41) is 7.88. The molecule has 0 aromatic heterocycles. The number of benzene rings is 9. The summed E-state index contributed by atoms with van der Waals surface area (Å²) in [6.07, 6.45) is -0.362. The smallest absolute Gasteiger partial charge is 0.159 e. The van der Waals surface area contributed by atoms with Gasteiger partial charge < -0.3 is 10.6 Å². The van der Waals surface area contributed by atoms with E-state index in [2.05, 4.69) is 247 Å². The van der Waals surface area contributed by atoms with Crippen molar-refractivity contribution in [1.29, 1.82) is 0 Å². The lowest BCUT2D eigenvalue weighted by Crippen LogP contribution is -2.33. The highest BCUT2D eigenvalue weighted by atomic mass is 15.2. The molecule has 4 heteroatoms. The van der Waals surface area contributed by atoms with E-state index in [1.807, 2.05) is 18.2 Å². The van der Waals surface area contributed by atoms with Crippen molar-refractivity contribution in [2.75, 3.05) is 0 Å². The van der Waals surface area contributed by atoms with Crippen molar-refractivity contribution in [2.24, 2.45) is 9.98 Å². The molecule has 2 heterocycles. The van der Waals surface area contributed by atoms with Crippen LogP contribution in [0.1, 0.15) is 56.7 Å². The third-order valence-corrected chi connectivity index (χ3v) is 12.4. The molecule has 9 aromatic carbocycles. The minimum Gasteiger partial charge on any atom is -0.373 e. The van der Waals surface area contributed by atoms with E-state index in [4.69, 9.17) is 9.98 Å². The maximum absolute atomic E-state index is 5.25. The normalized spacial score (nSPS) is 15.9. The molecule has 0 aliphatic carbocycles. The van der Waals surface area contributed by atoms with E-state index in [1.165, 1.54) is 22.3 Å². The summed E-state index contributed by atoms with van der Waals surface area (Å²) >= 11 is 0. The molecule has 2 atom stereocenters. The van der Waals surface area contributed by atoms with Crippen LogP contribution in [0.15, 0.2) is 265 Å². The first-order chi connectivity index (χ1) is 32.7. The number of nitrogens with one attached hydrogen (secondary N) is 2. The average Bonchev–Trinajstić information content (AvgIpc) is 3.41. The molecular formula is C62H46N4. The fraction of sp³-hybridized carbons (Fsp3) is 0.0323. The summed E-state index contributed by atoms with van der Waals surface area (Å²) in [7, 11) is 0. The summed E-state index contributed by atoms with van der Waals surface area (Å²) in [5.41, 5.74) is 18.0. The molecule has 0 amide bonds. The number of allylic oxidation sites excluding steroid dienone is 2. The molecule has 4 nitrogen and oxygen atoms in total. The SMILES string of the molecule is c1ccc(C2=NC(c3ccccc3-c3ccccc3)NC(c3cccc(-c4cccc(C5=C(c6ccccc6)C(c6ccccc6)NC(c6ccccc6)=C5c5ccccc5)c4)c3)=N2)cc1. The van der Waals surface area contributed by atoms with Crippen molar-refractivity contribution in [3.63, 3.8) is 0 Å². The highest BCUT2D eigenvalue weighted by Gasteiger charge is 2.33. The van der Waals surface area contributed by atoms with Gasteiger partial charge in [0.1, 0.15) is 12.0 Å². The number of rotatable bonds is 10. The van der Waals surface area contributed by atoms with Crippen LogP contribution in [-0.2, 0) is 0 Å². The Hall–Kier alpha value is -8.60. The molecule has 0 saturated heterocycles. The largest absolute Gasteiger partial charge is 0.373 e. The number of hydrogen-bond donors (Lipinski definition) is 2. The zero-order valence-electron chi connectivity index (χ0n) is 36.3. The zero-order chi connectivity index (χ0) is 44.1. The van der Waals surface area contributed by atoms with Crippen molar-refractivity contribution in [3.8, 4) is 22.3 Å². The molecule has 2 aliphatic heterocycles. The summed E-state index contributed by atoms with van der Waals surface area (Å²) in [6.45, 7) is 0. The van der Waals surface area contributed by atoms with Crippen molar-refractivity contribution in [2.45, 2.75) is 12.2 Å². The Morgan fingerprint density at radius 3 is 1.44 bits per heavy atom. The first-order valence-corrected chi connectivity index (χ1v) is 22.6. The molecule has 9 aromatic rings. The van der Waals surface area contributed by atoms with Crippen LogP contribution in [0.5, 0.6) is 0 Å². The lowest BCUT2D eigenvalue weighted by atomic mass is 9.76. The highest BCUT2D eigenvalue weighted by Crippen LogP contribution is 2.50. The highest BCUT2D eigenvalue weighted by molar-refractivity contribution is 6.24. The lowest BCUT2D eigenvalue weighted by molar-refractivity contribution is 0.676. The molecule has 2 unspecified atom stereocenters. The first-order valence-electron chi connectivity index (χ1n) is 22.6. The lowest BCUT2D eigenvalue weighted by Gasteiger charge is -2.36. The number of aliphatic imine (C=N–C) groups is 2. The Morgan fingerprint density at radius 1 is 0.333 bits per heavy atom. The summed E-state index contributed by atoms with van der Waals surface area (Å²) in [5.74, 6) is 1.47. The number of hydrogen-bond acceptors (Lipinski definition) is 4. The minimum absolute atomic E-state index is 0.130. The van der Waals surface area contributed by atoms with Gasteiger partial charge in [-0.15, -0.1) is 0 Å². The van der Waals surface area contributed by atoms with Gasteiger partial charge in [0.2, 0.25) is 0 Å². The Morgan fingerprint density at radius 2 is 0.803 bits per heavy atom. The van der Waals surface area contributed by atoms with E-state index in [9.17, 15) is 0 Å². The molecule has 0 bridgehead atoms. The fourth-order valence-electron chi connectivity index (χ4n) is 9.33. The fourth-order valence-corrected chi connectivity index (χ4v) is 9.33. The van der Waals surface area contributed by atoms with E-state index < -0.39 is 0 Å². The first kappa shape index (κ1) is 40.2. The Kier molecular flexibility index (Phi) is 11.1. The number of nitrogens with zero attached hydrogens (tertiary/aromatic N) is 2. The van der Waals surface area contributed by atoms with E-state index in [1.54, 1.807) is 0 Å². The Bertz CT molecular complexity index is 3270. The number of dihydropyridines is 1. The second-order valence-electron chi connectivity index (χ2n) is 16.6. The summed E-state index contributed by atoms with van der Waals surface area (Å²) < 4.78 is 0. The van der Waals surface area contributed by atoms with Gasteiger partial charge in [-0.05, 0) is 73.4 Å². The molecule has 0 spiro atoms. The van der Waals surface area contributed by atoms with Gasteiger partial charge in [0.25, 0.3) is 0 Å². The Labute approximate surface area is 386 Å². The third kappa shape index (κ3) is 8.09. The van der Waals surface area contributed by atoms with Gasteiger partial charge >= 0.3 is 0 Å². The standard InChI is InChI=1S/C62H46N4/c1-7-23-43(24-8-1)53-39-19-20-40-54(53)62-65-60(48-33-17-6-18-34-48)64-61(66-62)52-38-22-36-50(42-52)49-35-21-37-51(41-49)55-56(44-25-9-2-10-26-44)58(46-29-13-4-14-30-46)63-59(47-31-15-5-16-32-47)57(55)45-27-11-3-12-28-45/h1-42,58,62-63H,(H,64,65,66). The molecule has 314 valence electrons. The molecule has 66 heavy (non-hydrogen) atoms. The van der Waals surface area contributed by atoms with Crippen LogP contribution in [0.3, 0.4) is 0 Å². The molecule has 2 aliphatic rings. The van der Waals surface area contributed by atoms with Gasteiger partial charge in [-0.1, -0.05) is 243 Å². The van der Waals surface area contributed by atoms with Crippen LogP contribution < -0.4 is 10.6 Å². The Balaban J connectivity index is 1.07. The van der Waals surface area contributed by atoms with Crippen molar-refractivity contribution >= 4 is 34.1 Å². The molecule has 0 fully saturated rings. The van der Waals surface area contributed by atoms with Gasteiger partial charge in [-0.25, -0.2) is 9.98 Å². The van der Waals surface area contributed by atoms with E-state index in [-0.39, 0.29) is 12.2 Å². The quantitative estimate of drug-likeness (QED) is 0.144. The van der Waals surface area contributed by atoms with E-state index in [0.29, 0.717) is 5.84 Å². The molecule has 11 rings (SSSR count). The monoisotopic (exact) mass is 846 g/mol. The van der Waals surface area contributed by atoms with Gasteiger partial charge in [0.15, 0.2) is 5.84 Å². The predicted octanol–water partition coefficient (Wildman–Crippen LogP) is 14.3.